The lowest BCUT2D eigenvalue weighted by atomic mass is 10.0. The van der Waals surface area contributed by atoms with E-state index in [1.165, 1.54) is 21.2 Å². The second-order valence-electron chi connectivity index (χ2n) is 3.36. The summed E-state index contributed by atoms with van der Waals surface area (Å²) in [7, 11) is 0. The van der Waals surface area contributed by atoms with Crippen molar-refractivity contribution in [3.63, 3.8) is 0 Å². The largest absolute Gasteiger partial charge is 0.344 e. The van der Waals surface area contributed by atoms with Gasteiger partial charge >= 0.3 is 0 Å². The third-order valence-electron chi connectivity index (χ3n) is 2.56. The number of fused-ring (bicyclic) bond motifs is 1. The molecule has 3 heteroatoms. The molecule has 0 spiro atoms. The van der Waals surface area contributed by atoms with Crippen molar-refractivity contribution in [3.05, 3.63) is 42.0 Å². The monoisotopic (exact) mass is 255 g/mol. The number of benzene rings is 2. The molecule has 0 aliphatic rings. The Morgan fingerprint density at radius 2 is 1.88 bits per heavy atom. The molecule has 0 saturated carbocycles. The molecular formula is C13H18ClNS. The minimum absolute atomic E-state index is 0. The van der Waals surface area contributed by atoms with Crippen LogP contribution in [0.3, 0.4) is 0 Å². The average molecular weight is 256 g/mol. The number of halogens is 1. The lowest BCUT2D eigenvalue weighted by Gasteiger charge is -2.05. The van der Waals surface area contributed by atoms with Crippen LogP contribution in [0.4, 0.5) is 0 Å². The van der Waals surface area contributed by atoms with Crippen LogP contribution in [0.15, 0.2) is 41.3 Å². The van der Waals surface area contributed by atoms with E-state index >= 15 is 0 Å². The van der Waals surface area contributed by atoms with Gasteiger partial charge in [-0.05, 0) is 41.1 Å². The van der Waals surface area contributed by atoms with E-state index in [0.29, 0.717) is 0 Å². The maximum atomic E-state index is 2.29. The molecule has 2 aromatic rings. The molecule has 0 aromatic heterocycles. The maximum Gasteiger partial charge on any atom is 0.00756 e. The molecule has 2 rings (SSSR count). The van der Waals surface area contributed by atoms with Crippen LogP contribution in [0.1, 0.15) is 12.5 Å². The van der Waals surface area contributed by atoms with Crippen LogP contribution in [0.25, 0.3) is 10.8 Å². The van der Waals surface area contributed by atoms with Crippen LogP contribution in [0, 0.1) is 0 Å². The zero-order chi connectivity index (χ0) is 9.97. The zero-order valence-corrected chi connectivity index (χ0v) is 11.3. The summed E-state index contributed by atoms with van der Waals surface area (Å²) in [6, 6.07) is 13.2. The molecule has 0 amide bonds. The van der Waals surface area contributed by atoms with Gasteiger partial charge in [0.05, 0.1) is 0 Å². The average Bonchev–Trinajstić information content (AvgIpc) is 2.27. The van der Waals surface area contributed by atoms with E-state index in [0.717, 1.165) is 6.42 Å². The highest BCUT2D eigenvalue weighted by molar-refractivity contribution is 7.98. The molecule has 0 atom stereocenters. The van der Waals surface area contributed by atoms with Gasteiger partial charge in [0.15, 0.2) is 0 Å². The van der Waals surface area contributed by atoms with Crippen LogP contribution >= 0.6 is 24.2 Å². The molecule has 3 N–H and O–H groups in total. The summed E-state index contributed by atoms with van der Waals surface area (Å²) < 4.78 is 0. The first-order valence-corrected chi connectivity index (χ1v) is 6.13. The Bertz CT molecular complexity index is 457. The summed E-state index contributed by atoms with van der Waals surface area (Å²) in [5.41, 5.74) is 1.44. The van der Waals surface area contributed by atoms with Crippen molar-refractivity contribution >= 4 is 34.9 Å². The van der Waals surface area contributed by atoms with Gasteiger partial charge in [0, 0.05) is 4.90 Å². The minimum Gasteiger partial charge on any atom is -0.344 e. The Hall–Kier alpha value is -0.700. The van der Waals surface area contributed by atoms with Gasteiger partial charge in [0.1, 0.15) is 0 Å². The summed E-state index contributed by atoms with van der Waals surface area (Å²) in [6.07, 6.45) is 3.23. The van der Waals surface area contributed by atoms with Gasteiger partial charge in [-0.2, -0.15) is 0 Å². The molecule has 2 aromatic carbocycles. The van der Waals surface area contributed by atoms with E-state index in [2.05, 4.69) is 49.6 Å². The van der Waals surface area contributed by atoms with Crippen molar-refractivity contribution in [1.82, 2.24) is 6.15 Å². The van der Waals surface area contributed by atoms with Crippen molar-refractivity contribution in [2.24, 2.45) is 0 Å². The van der Waals surface area contributed by atoms with Crippen LogP contribution < -0.4 is 6.15 Å². The van der Waals surface area contributed by atoms with Crippen molar-refractivity contribution in [3.8, 4) is 0 Å². The number of hydrogen-bond donors (Lipinski definition) is 1. The number of hydrogen-bond acceptors (Lipinski definition) is 2. The van der Waals surface area contributed by atoms with Crippen molar-refractivity contribution < 1.29 is 0 Å². The smallest absolute Gasteiger partial charge is 0.00756 e. The highest BCUT2D eigenvalue weighted by atomic mass is 35.5. The van der Waals surface area contributed by atoms with Gasteiger partial charge in [-0.25, -0.2) is 0 Å². The highest BCUT2D eigenvalue weighted by Gasteiger charge is 1.99. The van der Waals surface area contributed by atoms with Crippen molar-refractivity contribution in [2.45, 2.75) is 18.2 Å². The van der Waals surface area contributed by atoms with E-state index in [4.69, 9.17) is 0 Å². The topological polar surface area (TPSA) is 35.0 Å². The molecule has 0 aliphatic carbocycles. The molecule has 0 unspecified atom stereocenters. The van der Waals surface area contributed by atoms with Gasteiger partial charge < -0.3 is 6.15 Å². The maximum absolute atomic E-state index is 2.29. The predicted molar refractivity (Wildman–Crippen MR) is 77.4 cm³/mol. The Kier molecular flexibility index (Phi) is 6.49. The molecule has 0 fully saturated rings. The van der Waals surface area contributed by atoms with Crippen LogP contribution in [-0.4, -0.2) is 6.26 Å². The van der Waals surface area contributed by atoms with Gasteiger partial charge in [0.2, 0.25) is 0 Å². The lowest BCUT2D eigenvalue weighted by Crippen LogP contribution is -1.83. The normalized spacial score (nSPS) is 9.38. The van der Waals surface area contributed by atoms with Gasteiger partial charge in [0.25, 0.3) is 0 Å². The Labute approximate surface area is 108 Å². The third-order valence-corrected chi connectivity index (χ3v) is 3.29. The van der Waals surface area contributed by atoms with E-state index < -0.39 is 0 Å². The molecule has 16 heavy (non-hydrogen) atoms. The molecular weight excluding hydrogens is 238 g/mol. The molecule has 1 nitrogen and oxygen atoms in total. The first-order valence-electron chi connectivity index (χ1n) is 4.91. The fraction of sp³-hybridized carbons (Fsp3) is 0.231. The Morgan fingerprint density at radius 1 is 1.12 bits per heavy atom. The molecule has 88 valence electrons. The number of rotatable bonds is 2. The highest BCUT2D eigenvalue weighted by Crippen LogP contribution is 2.24. The third kappa shape index (κ3) is 2.91. The SMILES string of the molecule is CCc1cccc2ccc(SC)cc12.Cl.N. The fourth-order valence-electron chi connectivity index (χ4n) is 1.75. The first kappa shape index (κ1) is 15.3. The zero-order valence-electron chi connectivity index (χ0n) is 9.69. The van der Waals surface area contributed by atoms with E-state index in [9.17, 15) is 0 Å². The summed E-state index contributed by atoms with van der Waals surface area (Å²) >= 11 is 1.80. The Balaban J connectivity index is 0.00000112. The van der Waals surface area contributed by atoms with E-state index in [1.54, 1.807) is 11.8 Å². The molecule has 0 aliphatic heterocycles. The first-order chi connectivity index (χ1) is 6.85. The van der Waals surface area contributed by atoms with E-state index in [1.807, 2.05) is 0 Å². The summed E-state index contributed by atoms with van der Waals surface area (Å²) in [5.74, 6) is 0. The molecule has 0 heterocycles. The fourth-order valence-corrected chi connectivity index (χ4v) is 2.19. The number of aryl methyl sites for hydroxylation is 1. The predicted octanol–water partition coefficient (Wildman–Crippen LogP) is 4.71. The summed E-state index contributed by atoms with van der Waals surface area (Å²) in [5, 5.41) is 2.75. The Morgan fingerprint density at radius 3 is 2.50 bits per heavy atom. The number of thioether (sulfide) groups is 1. The summed E-state index contributed by atoms with van der Waals surface area (Å²) in [4.78, 5) is 1.35. The standard InChI is InChI=1S/C13H14S.ClH.H3N/c1-3-10-5-4-6-11-7-8-12(14-2)9-13(10)11;;/h4-9H,3H2,1-2H3;1H;1H3. The lowest BCUT2D eigenvalue weighted by molar-refractivity contribution is 1.16. The second kappa shape index (κ2) is 6.79. The van der Waals surface area contributed by atoms with Gasteiger partial charge in [-0.1, -0.05) is 31.2 Å². The second-order valence-corrected chi connectivity index (χ2v) is 4.24. The van der Waals surface area contributed by atoms with Crippen LogP contribution in [0.5, 0.6) is 0 Å². The molecule has 0 radical (unpaired) electrons. The van der Waals surface area contributed by atoms with Gasteiger partial charge in [-0.3, -0.25) is 0 Å². The van der Waals surface area contributed by atoms with Crippen LogP contribution in [0.2, 0.25) is 0 Å². The van der Waals surface area contributed by atoms with E-state index in [-0.39, 0.29) is 18.6 Å². The van der Waals surface area contributed by atoms with Crippen LogP contribution in [-0.2, 0) is 6.42 Å². The minimum atomic E-state index is 0. The van der Waals surface area contributed by atoms with Crippen molar-refractivity contribution in [2.75, 3.05) is 6.26 Å². The molecule has 0 saturated heterocycles. The summed E-state index contributed by atoms with van der Waals surface area (Å²) in [6.45, 7) is 2.21. The molecule has 0 bridgehead atoms. The van der Waals surface area contributed by atoms with Crippen molar-refractivity contribution in [1.29, 1.82) is 0 Å². The van der Waals surface area contributed by atoms with Gasteiger partial charge in [-0.15, -0.1) is 24.2 Å². The quantitative estimate of drug-likeness (QED) is 0.789.